The van der Waals surface area contributed by atoms with E-state index in [1.807, 2.05) is 45.0 Å². The van der Waals surface area contributed by atoms with Crippen LogP contribution in [-0.2, 0) is 0 Å². The highest BCUT2D eigenvalue weighted by atomic mass is 35.5. The Morgan fingerprint density at radius 3 is 2.52 bits per heavy atom. The minimum atomic E-state index is 0.0781. The highest BCUT2D eigenvalue weighted by molar-refractivity contribution is 7.16. The van der Waals surface area contributed by atoms with Crippen molar-refractivity contribution in [3.05, 3.63) is 21.3 Å². The standard InChI is InChI=1S/C13H19ClN6S/c1-5-15-11-17-12(19-13(18-11)20(3)4)16-8(2)9-6-7-10(14)21-9/h6-8H,5H2,1-4H3,(H2,15,16,17,18,19). The van der Waals surface area contributed by atoms with Gasteiger partial charge in [0.15, 0.2) is 0 Å². The molecule has 0 fully saturated rings. The molecule has 1 atom stereocenters. The number of nitrogens with zero attached hydrogens (tertiary/aromatic N) is 4. The molecule has 0 amide bonds. The predicted molar refractivity (Wildman–Crippen MR) is 89.7 cm³/mol. The molecule has 0 bridgehead atoms. The number of nitrogens with one attached hydrogen (secondary N) is 2. The second-order valence-electron chi connectivity index (χ2n) is 4.72. The molecule has 0 aliphatic rings. The van der Waals surface area contributed by atoms with Gasteiger partial charge in [0.1, 0.15) is 0 Å². The number of thiophene rings is 1. The number of anilines is 3. The normalized spacial score (nSPS) is 12.0. The van der Waals surface area contributed by atoms with Crippen LogP contribution in [-0.4, -0.2) is 35.6 Å². The first kappa shape index (κ1) is 15.8. The quantitative estimate of drug-likeness (QED) is 0.849. The Morgan fingerprint density at radius 1 is 1.24 bits per heavy atom. The Labute approximate surface area is 133 Å². The third kappa shape index (κ3) is 4.18. The molecule has 0 saturated heterocycles. The molecular formula is C13H19ClN6S. The molecule has 2 aromatic heterocycles. The topological polar surface area (TPSA) is 66.0 Å². The number of aromatic nitrogens is 3. The van der Waals surface area contributed by atoms with Crippen molar-refractivity contribution in [2.45, 2.75) is 19.9 Å². The summed E-state index contributed by atoms with van der Waals surface area (Å²) in [4.78, 5) is 16.1. The second-order valence-corrected chi connectivity index (χ2v) is 6.46. The summed E-state index contributed by atoms with van der Waals surface area (Å²) in [5, 5.41) is 6.40. The third-order valence-corrected chi connectivity index (χ3v) is 4.14. The van der Waals surface area contributed by atoms with Crippen molar-refractivity contribution in [1.29, 1.82) is 0 Å². The Balaban J connectivity index is 2.21. The zero-order valence-corrected chi connectivity index (χ0v) is 14.1. The summed E-state index contributed by atoms with van der Waals surface area (Å²) >= 11 is 7.52. The van der Waals surface area contributed by atoms with Gasteiger partial charge in [-0.25, -0.2) is 0 Å². The molecule has 2 N–H and O–H groups in total. The molecule has 21 heavy (non-hydrogen) atoms. The molecule has 114 valence electrons. The first-order valence-corrected chi connectivity index (χ1v) is 7.88. The van der Waals surface area contributed by atoms with Gasteiger partial charge in [0.05, 0.1) is 10.4 Å². The van der Waals surface area contributed by atoms with Crippen molar-refractivity contribution in [3.63, 3.8) is 0 Å². The molecule has 2 aromatic rings. The Morgan fingerprint density at radius 2 is 1.95 bits per heavy atom. The van der Waals surface area contributed by atoms with Gasteiger partial charge in [-0.15, -0.1) is 11.3 Å². The lowest BCUT2D eigenvalue weighted by molar-refractivity contribution is 0.862. The lowest BCUT2D eigenvalue weighted by atomic mass is 10.3. The highest BCUT2D eigenvalue weighted by Crippen LogP contribution is 2.28. The fourth-order valence-corrected chi connectivity index (χ4v) is 2.76. The van der Waals surface area contributed by atoms with Crippen molar-refractivity contribution in [3.8, 4) is 0 Å². The van der Waals surface area contributed by atoms with Gasteiger partial charge in [0.2, 0.25) is 17.8 Å². The maximum atomic E-state index is 5.97. The van der Waals surface area contributed by atoms with Gasteiger partial charge in [-0.3, -0.25) is 0 Å². The molecule has 8 heteroatoms. The first-order chi connectivity index (χ1) is 9.99. The van der Waals surface area contributed by atoms with Crippen molar-refractivity contribution in [2.75, 3.05) is 36.2 Å². The fraction of sp³-hybridized carbons (Fsp3) is 0.462. The summed E-state index contributed by atoms with van der Waals surface area (Å²) in [6.07, 6.45) is 0. The third-order valence-electron chi connectivity index (χ3n) is 2.72. The summed E-state index contributed by atoms with van der Waals surface area (Å²) in [5.41, 5.74) is 0. The monoisotopic (exact) mass is 326 g/mol. The molecule has 0 aromatic carbocycles. The van der Waals surface area contributed by atoms with E-state index in [2.05, 4.69) is 25.6 Å². The smallest absolute Gasteiger partial charge is 0.231 e. The van der Waals surface area contributed by atoms with Crippen molar-refractivity contribution >= 4 is 40.8 Å². The van der Waals surface area contributed by atoms with Crippen molar-refractivity contribution < 1.29 is 0 Å². The summed E-state index contributed by atoms with van der Waals surface area (Å²) in [5.74, 6) is 1.72. The highest BCUT2D eigenvalue weighted by Gasteiger charge is 2.12. The zero-order valence-electron chi connectivity index (χ0n) is 12.5. The average Bonchev–Trinajstić information content (AvgIpc) is 2.85. The van der Waals surface area contributed by atoms with Gasteiger partial charge >= 0.3 is 0 Å². The van der Waals surface area contributed by atoms with E-state index >= 15 is 0 Å². The van der Waals surface area contributed by atoms with Crippen LogP contribution in [0, 0.1) is 0 Å². The van der Waals surface area contributed by atoms with Gasteiger partial charge in [-0.05, 0) is 26.0 Å². The number of rotatable bonds is 6. The van der Waals surface area contributed by atoms with E-state index in [1.165, 1.54) is 0 Å². The van der Waals surface area contributed by atoms with Crippen LogP contribution < -0.4 is 15.5 Å². The van der Waals surface area contributed by atoms with Gasteiger partial charge in [-0.2, -0.15) is 15.0 Å². The molecular weight excluding hydrogens is 308 g/mol. The number of halogens is 1. The largest absolute Gasteiger partial charge is 0.354 e. The van der Waals surface area contributed by atoms with Crippen LogP contribution in [0.15, 0.2) is 12.1 Å². The molecule has 0 aliphatic carbocycles. The molecule has 0 radical (unpaired) electrons. The van der Waals surface area contributed by atoms with E-state index in [1.54, 1.807) is 11.3 Å². The maximum Gasteiger partial charge on any atom is 0.231 e. The minimum absolute atomic E-state index is 0.0781. The van der Waals surface area contributed by atoms with Crippen LogP contribution in [0.5, 0.6) is 0 Å². The zero-order chi connectivity index (χ0) is 15.4. The fourth-order valence-electron chi connectivity index (χ4n) is 1.69. The Bertz CT molecular complexity index is 600. The lowest BCUT2D eigenvalue weighted by Crippen LogP contribution is -2.18. The van der Waals surface area contributed by atoms with Crippen LogP contribution in [0.4, 0.5) is 17.8 Å². The average molecular weight is 327 g/mol. The van der Waals surface area contributed by atoms with Gasteiger partial charge in [0.25, 0.3) is 0 Å². The second kappa shape index (κ2) is 6.91. The van der Waals surface area contributed by atoms with E-state index in [4.69, 9.17) is 11.6 Å². The molecule has 1 unspecified atom stereocenters. The molecule has 2 rings (SSSR count). The van der Waals surface area contributed by atoms with Crippen LogP contribution in [0.1, 0.15) is 24.8 Å². The van der Waals surface area contributed by atoms with Gasteiger partial charge < -0.3 is 15.5 Å². The molecule has 0 saturated carbocycles. The van der Waals surface area contributed by atoms with E-state index < -0.39 is 0 Å². The first-order valence-electron chi connectivity index (χ1n) is 6.68. The van der Waals surface area contributed by atoms with Crippen molar-refractivity contribution in [2.24, 2.45) is 0 Å². The van der Waals surface area contributed by atoms with Crippen molar-refractivity contribution in [1.82, 2.24) is 15.0 Å². The molecule has 0 aliphatic heterocycles. The summed E-state index contributed by atoms with van der Waals surface area (Å²) in [7, 11) is 3.80. The van der Waals surface area contributed by atoms with Gasteiger partial charge in [0, 0.05) is 25.5 Å². The Kier molecular flexibility index (Phi) is 5.19. The summed E-state index contributed by atoms with van der Waals surface area (Å²) in [6.45, 7) is 4.81. The molecule has 0 spiro atoms. The van der Waals surface area contributed by atoms with Crippen LogP contribution in [0.2, 0.25) is 4.34 Å². The van der Waals surface area contributed by atoms with Crippen LogP contribution >= 0.6 is 22.9 Å². The SMILES string of the molecule is CCNc1nc(NC(C)c2ccc(Cl)s2)nc(N(C)C)n1. The molecule has 2 heterocycles. The van der Waals surface area contributed by atoms with Crippen LogP contribution in [0.3, 0.4) is 0 Å². The molecule has 6 nitrogen and oxygen atoms in total. The van der Waals surface area contributed by atoms with Crippen LogP contribution in [0.25, 0.3) is 0 Å². The Hall–Kier alpha value is -1.60. The minimum Gasteiger partial charge on any atom is -0.354 e. The maximum absolute atomic E-state index is 5.97. The van der Waals surface area contributed by atoms with E-state index in [-0.39, 0.29) is 6.04 Å². The van der Waals surface area contributed by atoms with E-state index in [0.29, 0.717) is 17.8 Å². The lowest BCUT2D eigenvalue weighted by Gasteiger charge is -2.16. The number of hydrogen-bond acceptors (Lipinski definition) is 7. The van der Waals surface area contributed by atoms with E-state index in [9.17, 15) is 0 Å². The number of hydrogen-bond donors (Lipinski definition) is 2. The van der Waals surface area contributed by atoms with Gasteiger partial charge in [-0.1, -0.05) is 11.6 Å². The summed E-state index contributed by atoms with van der Waals surface area (Å²) in [6, 6.07) is 3.97. The predicted octanol–water partition coefficient (Wildman–Crippen LogP) is 3.26. The van der Waals surface area contributed by atoms with E-state index in [0.717, 1.165) is 15.8 Å². The summed E-state index contributed by atoms with van der Waals surface area (Å²) < 4.78 is 0.775.